The summed E-state index contributed by atoms with van der Waals surface area (Å²) in [6.45, 7) is 3.04. The van der Waals surface area contributed by atoms with Gasteiger partial charge in [-0.2, -0.15) is 0 Å². The summed E-state index contributed by atoms with van der Waals surface area (Å²) >= 11 is 3.09. The van der Waals surface area contributed by atoms with Crippen LogP contribution >= 0.6 is 15.9 Å². The molecule has 0 aliphatic carbocycles. The second-order valence-electron chi connectivity index (χ2n) is 4.60. The number of hydrogen-bond acceptors (Lipinski definition) is 2. The highest BCUT2D eigenvalue weighted by atomic mass is 79.9. The SMILES string of the molecule is Cc1cc(F)cc(C)c1S(=O)(=O)Nc1ccc(F)cc1Br. The topological polar surface area (TPSA) is 46.2 Å². The fourth-order valence-electron chi connectivity index (χ4n) is 2.09. The third-order valence-corrected chi connectivity index (χ3v) is 5.20. The van der Waals surface area contributed by atoms with Crippen LogP contribution in [0.5, 0.6) is 0 Å². The zero-order chi connectivity index (χ0) is 15.8. The predicted octanol–water partition coefficient (Wildman–Crippen LogP) is 4.14. The van der Waals surface area contributed by atoms with Crippen molar-refractivity contribution in [2.75, 3.05) is 4.72 Å². The first-order valence-electron chi connectivity index (χ1n) is 5.95. The molecule has 7 heteroatoms. The van der Waals surface area contributed by atoms with E-state index in [1.165, 1.54) is 19.9 Å². The molecule has 0 bridgehead atoms. The summed E-state index contributed by atoms with van der Waals surface area (Å²) in [6, 6.07) is 5.92. The first kappa shape index (κ1) is 15.9. The lowest BCUT2D eigenvalue weighted by atomic mass is 10.1. The van der Waals surface area contributed by atoms with Gasteiger partial charge in [-0.05, 0) is 71.2 Å². The van der Waals surface area contributed by atoms with Crippen LogP contribution in [0.25, 0.3) is 0 Å². The molecule has 0 aliphatic rings. The number of rotatable bonds is 3. The predicted molar refractivity (Wildman–Crippen MR) is 80.8 cm³/mol. The Hall–Kier alpha value is -1.47. The maximum Gasteiger partial charge on any atom is 0.262 e. The molecule has 0 amide bonds. The molecule has 0 atom stereocenters. The maximum atomic E-state index is 13.3. The Kier molecular flexibility index (Phi) is 4.34. The van der Waals surface area contributed by atoms with Gasteiger partial charge in [-0.3, -0.25) is 4.72 Å². The molecular weight excluding hydrogens is 364 g/mol. The van der Waals surface area contributed by atoms with E-state index in [0.717, 1.165) is 24.3 Å². The summed E-state index contributed by atoms with van der Waals surface area (Å²) in [4.78, 5) is 0.0140. The van der Waals surface area contributed by atoms with Crippen molar-refractivity contribution in [3.05, 3.63) is 57.6 Å². The molecule has 3 nitrogen and oxygen atoms in total. The Balaban J connectivity index is 2.48. The lowest BCUT2D eigenvalue weighted by Gasteiger charge is -2.14. The van der Waals surface area contributed by atoms with E-state index in [2.05, 4.69) is 20.7 Å². The lowest BCUT2D eigenvalue weighted by molar-refractivity contribution is 0.597. The van der Waals surface area contributed by atoms with Gasteiger partial charge in [0.2, 0.25) is 0 Å². The van der Waals surface area contributed by atoms with E-state index in [1.54, 1.807) is 0 Å². The van der Waals surface area contributed by atoms with Crippen molar-refractivity contribution in [3.63, 3.8) is 0 Å². The number of sulfonamides is 1. The highest BCUT2D eigenvalue weighted by molar-refractivity contribution is 9.10. The van der Waals surface area contributed by atoms with E-state index in [9.17, 15) is 17.2 Å². The van der Waals surface area contributed by atoms with Gasteiger partial charge in [-0.15, -0.1) is 0 Å². The van der Waals surface area contributed by atoms with E-state index in [4.69, 9.17) is 0 Å². The molecule has 21 heavy (non-hydrogen) atoms. The molecule has 0 saturated carbocycles. The molecule has 0 unspecified atom stereocenters. The molecule has 0 radical (unpaired) electrons. The smallest absolute Gasteiger partial charge is 0.262 e. The van der Waals surface area contributed by atoms with Crippen molar-refractivity contribution in [2.24, 2.45) is 0 Å². The summed E-state index contributed by atoms with van der Waals surface area (Å²) in [5.41, 5.74) is 0.816. The van der Waals surface area contributed by atoms with Crippen LogP contribution < -0.4 is 4.72 Å². The average molecular weight is 376 g/mol. The second-order valence-corrected chi connectivity index (χ2v) is 7.07. The van der Waals surface area contributed by atoms with Crippen LogP contribution in [0.2, 0.25) is 0 Å². The summed E-state index contributed by atoms with van der Waals surface area (Å²) in [7, 11) is -3.90. The second kappa shape index (κ2) is 5.73. The van der Waals surface area contributed by atoms with Crippen LogP contribution in [-0.4, -0.2) is 8.42 Å². The average Bonchev–Trinajstić information content (AvgIpc) is 2.30. The van der Waals surface area contributed by atoms with Crippen LogP contribution in [0.4, 0.5) is 14.5 Å². The van der Waals surface area contributed by atoms with Gasteiger partial charge in [0.25, 0.3) is 10.0 Å². The van der Waals surface area contributed by atoms with Gasteiger partial charge >= 0.3 is 0 Å². The van der Waals surface area contributed by atoms with Crippen molar-refractivity contribution in [2.45, 2.75) is 18.7 Å². The fourth-order valence-corrected chi connectivity index (χ4v) is 4.21. The molecule has 2 aromatic carbocycles. The van der Waals surface area contributed by atoms with Gasteiger partial charge < -0.3 is 0 Å². The standard InChI is InChI=1S/C14H12BrF2NO2S/c1-8-5-11(17)6-9(2)14(8)21(19,20)18-13-4-3-10(16)7-12(13)15/h3-7,18H,1-2H3. The molecular formula is C14H12BrF2NO2S. The van der Waals surface area contributed by atoms with Crippen LogP contribution in [0, 0.1) is 25.5 Å². The molecule has 0 spiro atoms. The monoisotopic (exact) mass is 375 g/mol. The van der Waals surface area contributed by atoms with E-state index < -0.39 is 21.7 Å². The Labute approximate surface area is 130 Å². The van der Waals surface area contributed by atoms with Gasteiger partial charge in [0.05, 0.1) is 10.6 Å². The van der Waals surface area contributed by atoms with Crippen molar-refractivity contribution in [1.82, 2.24) is 0 Å². The number of anilines is 1. The van der Waals surface area contributed by atoms with E-state index in [-0.39, 0.29) is 15.1 Å². The summed E-state index contributed by atoms with van der Waals surface area (Å²) in [5.74, 6) is -0.981. The van der Waals surface area contributed by atoms with Crippen LogP contribution in [0.1, 0.15) is 11.1 Å². The molecule has 0 aromatic heterocycles. The first-order chi connectivity index (χ1) is 9.70. The van der Waals surface area contributed by atoms with Crippen molar-refractivity contribution < 1.29 is 17.2 Å². The summed E-state index contributed by atoms with van der Waals surface area (Å²) < 4.78 is 53.8. The van der Waals surface area contributed by atoms with E-state index in [1.807, 2.05) is 0 Å². The Morgan fingerprint density at radius 3 is 2.10 bits per heavy atom. The van der Waals surface area contributed by atoms with Crippen molar-refractivity contribution >= 4 is 31.6 Å². The molecule has 1 N–H and O–H groups in total. The fraction of sp³-hybridized carbons (Fsp3) is 0.143. The largest absolute Gasteiger partial charge is 0.278 e. The highest BCUT2D eigenvalue weighted by Crippen LogP contribution is 2.28. The first-order valence-corrected chi connectivity index (χ1v) is 8.23. The minimum Gasteiger partial charge on any atom is -0.278 e. The quantitative estimate of drug-likeness (QED) is 0.875. The summed E-state index contributed by atoms with van der Waals surface area (Å²) in [6.07, 6.45) is 0. The number of nitrogens with one attached hydrogen (secondary N) is 1. The number of hydrogen-bond donors (Lipinski definition) is 1. The van der Waals surface area contributed by atoms with Crippen LogP contribution in [-0.2, 0) is 10.0 Å². The molecule has 0 aliphatic heterocycles. The molecule has 2 rings (SSSR count). The summed E-state index contributed by atoms with van der Waals surface area (Å²) in [5, 5.41) is 0. The molecule has 0 saturated heterocycles. The zero-order valence-corrected chi connectivity index (χ0v) is 13.6. The third-order valence-electron chi connectivity index (χ3n) is 2.87. The minimum atomic E-state index is -3.90. The van der Waals surface area contributed by atoms with Gasteiger partial charge in [0.1, 0.15) is 11.6 Å². The van der Waals surface area contributed by atoms with Gasteiger partial charge in [0.15, 0.2) is 0 Å². The third kappa shape index (κ3) is 3.41. The Morgan fingerprint density at radius 2 is 1.57 bits per heavy atom. The Morgan fingerprint density at radius 1 is 1.00 bits per heavy atom. The zero-order valence-electron chi connectivity index (χ0n) is 11.2. The number of aryl methyl sites for hydroxylation is 2. The molecule has 112 valence electrons. The van der Waals surface area contributed by atoms with Crippen LogP contribution in [0.15, 0.2) is 39.7 Å². The van der Waals surface area contributed by atoms with Gasteiger partial charge in [-0.1, -0.05) is 0 Å². The lowest BCUT2D eigenvalue weighted by Crippen LogP contribution is -2.16. The van der Waals surface area contributed by atoms with Gasteiger partial charge in [0, 0.05) is 4.47 Å². The van der Waals surface area contributed by atoms with Gasteiger partial charge in [-0.25, -0.2) is 17.2 Å². The highest BCUT2D eigenvalue weighted by Gasteiger charge is 2.21. The van der Waals surface area contributed by atoms with E-state index in [0.29, 0.717) is 11.1 Å². The molecule has 2 aromatic rings. The van der Waals surface area contributed by atoms with Crippen LogP contribution in [0.3, 0.4) is 0 Å². The number of halogens is 3. The van der Waals surface area contributed by atoms with Crippen molar-refractivity contribution in [3.8, 4) is 0 Å². The minimum absolute atomic E-state index is 0.0140. The van der Waals surface area contributed by atoms with E-state index >= 15 is 0 Å². The Bertz CT molecular complexity index is 784. The van der Waals surface area contributed by atoms with Crippen molar-refractivity contribution in [1.29, 1.82) is 0 Å². The molecule has 0 heterocycles. The number of benzene rings is 2. The normalized spacial score (nSPS) is 11.5. The molecule has 0 fully saturated rings. The maximum absolute atomic E-state index is 13.3.